The summed E-state index contributed by atoms with van der Waals surface area (Å²) in [5.74, 6) is -4.73. The molecule has 0 saturated carbocycles. The summed E-state index contributed by atoms with van der Waals surface area (Å²) in [6.07, 6.45) is 1.54. The lowest BCUT2D eigenvalue weighted by molar-refractivity contribution is -0.548. The zero-order chi connectivity index (χ0) is 31.7. The van der Waals surface area contributed by atoms with Crippen molar-refractivity contribution in [3.8, 4) is 0 Å². The second-order valence-corrected chi connectivity index (χ2v) is 12.2. The molecule has 13 heteroatoms. The Kier molecular flexibility index (Phi) is 11.4. The van der Waals surface area contributed by atoms with Gasteiger partial charge in [-0.3, -0.25) is 0 Å². The molecule has 3 heterocycles. The number of alkyl halides is 6. The number of halogens is 6. The molecule has 234 valence electrons. The maximum absolute atomic E-state index is 10.5. The fourth-order valence-corrected chi connectivity index (χ4v) is 7.35. The minimum absolute atomic E-state index is 0.347. The molecule has 2 unspecified atom stereocenters. The van der Waals surface area contributed by atoms with Crippen molar-refractivity contribution in [2.24, 2.45) is 5.41 Å². The molecular weight excluding hydrogens is 598 g/mol. The van der Waals surface area contributed by atoms with Gasteiger partial charge in [-0.2, -0.15) is 26.3 Å². The van der Waals surface area contributed by atoms with Crippen LogP contribution in [0.5, 0.6) is 0 Å². The summed E-state index contributed by atoms with van der Waals surface area (Å²) >= 11 is 2.24. The maximum atomic E-state index is 10.5. The van der Waals surface area contributed by atoms with Gasteiger partial charge in [0.05, 0.1) is 10.2 Å². The highest BCUT2D eigenvalue weighted by molar-refractivity contribution is 8.01. The van der Waals surface area contributed by atoms with Crippen molar-refractivity contribution >= 4 is 36.1 Å². The van der Waals surface area contributed by atoms with Crippen molar-refractivity contribution in [1.82, 2.24) is 0 Å². The van der Waals surface area contributed by atoms with Crippen LogP contribution in [0.2, 0.25) is 0 Å². The molecule has 1 saturated heterocycles. The summed E-state index contributed by atoms with van der Waals surface area (Å²) in [6.45, 7) is 4.52. The summed E-state index contributed by atoms with van der Waals surface area (Å²) < 4.78 is 68.6. The normalized spacial score (nSPS) is 23.3. The topological polar surface area (TPSA) is 86.3 Å². The Morgan fingerprint density at radius 1 is 0.721 bits per heavy atom. The number of carbonyl (C=O) groups excluding carboxylic acids is 2. The SMILES string of the molecule is C1=[N+](Cc2ccccc2)CCCC12CSC1(C=[N+](Cc3ccccc3)CCC1)C2.O=C([O-])C(F)(F)F.O=C([O-])C(F)(F)F. The molecule has 2 aromatic carbocycles. The van der Waals surface area contributed by atoms with Crippen LogP contribution >= 0.6 is 11.8 Å². The smallest absolute Gasteiger partial charge is 0.430 e. The van der Waals surface area contributed by atoms with Crippen LogP contribution in [0.25, 0.3) is 0 Å². The van der Waals surface area contributed by atoms with Crippen LogP contribution in [0.4, 0.5) is 26.3 Å². The highest BCUT2D eigenvalue weighted by atomic mass is 32.2. The van der Waals surface area contributed by atoms with Gasteiger partial charge in [-0.05, 0) is 19.3 Å². The van der Waals surface area contributed by atoms with Gasteiger partial charge in [0.15, 0.2) is 19.3 Å². The minimum Gasteiger partial charge on any atom is -0.542 e. The minimum atomic E-state index is -5.19. The first-order valence-corrected chi connectivity index (χ1v) is 14.6. The number of aliphatic carboxylic acids is 2. The Balaban J connectivity index is 0.000000303. The van der Waals surface area contributed by atoms with E-state index in [1.54, 1.807) is 0 Å². The van der Waals surface area contributed by atoms with Crippen LogP contribution < -0.4 is 10.2 Å². The van der Waals surface area contributed by atoms with E-state index in [0.717, 1.165) is 13.1 Å². The Morgan fingerprint density at radius 2 is 1.14 bits per heavy atom. The van der Waals surface area contributed by atoms with E-state index in [2.05, 4.69) is 94.0 Å². The number of hydrogen-bond acceptors (Lipinski definition) is 5. The van der Waals surface area contributed by atoms with E-state index >= 15 is 0 Å². The molecule has 0 amide bonds. The lowest BCUT2D eigenvalue weighted by atomic mass is 9.75. The highest BCUT2D eigenvalue weighted by Crippen LogP contribution is 2.52. The third-order valence-electron chi connectivity index (χ3n) is 7.26. The van der Waals surface area contributed by atoms with Crippen LogP contribution in [0, 0.1) is 5.41 Å². The third-order valence-corrected chi connectivity index (χ3v) is 9.01. The number of carboxylic acids is 2. The summed E-state index contributed by atoms with van der Waals surface area (Å²) in [7, 11) is 0. The van der Waals surface area contributed by atoms with E-state index < -0.39 is 24.3 Å². The van der Waals surface area contributed by atoms with Gasteiger partial charge >= 0.3 is 12.4 Å². The van der Waals surface area contributed by atoms with Crippen molar-refractivity contribution in [3.05, 3.63) is 71.8 Å². The first-order chi connectivity index (χ1) is 20.1. The third kappa shape index (κ3) is 10.7. The predicted octanol–water partition coefficient (Wildman–Crippen LogP) is 3.60. The molecule has 3 aliphatic rings. The maximum Gasteiger partial charge on any atom is 0.430 e. The molecule has 43 heavy (non-hydrogen) atoms. The van der Waals surface area contributed by atoms with Crippen LogP contribution in [-0.2, 0) is 22.7 Å². The van der Waals surface area contributed by atoms with Crippen molar-refractivity contribution in [2.45, 2.75) is 62.3 Å². The Morgan fingerprint density at radius 3 is 1.58 bits per heavy atom. The van der Waals surface area contributed by atoms with Gasteiger partial charge in [0, 0.05) is 29.7 Å². The van der Waals surface area contributed by atoms with Crippen LogP contribution in [-0.4, -0.2) is 69.5 Å². The standard InChI is InChI=1S/C26H32N2S.2C2HF3O2/c1-3-9-23(10-4-1)17-27-15-7-13-25(20-27)19-26(29-22-25)14-8-16-28(21-26)18-24-11-5-2-6-12-24;2*3-2(4,5)1(6)7/h1-6,9-12,20-21H,7-8,13-19,22H2;2*(H,6,7)/q+2;;/p-2. The van der Waals surface area contributed by atoms with Gasteiger partial charge < -0.3 is 19.8 Å². The van der Waals surface area contributed by atoms with E-state index in [1.165, 1.54) is 62.1 Å². The Bertz CT molecular complexity index is 1200. The van der Waals surface area contributed by atoms with Crippen LogP contribution in [0.15, 0.2) is 60.7 Å². The van der Waals surface area contributed by atoms with Gasteiger partial charge in [0.1, 0.15) is 31.2 Å². The molecule has 3 aliphatic heterocycles. The van der Waals surface area contributed by atoms with Crippen molar-refractivity contribution in [1.29, 1.82) is 0 Å². The van der Waals surface area contributed by atoms with Crippen molar-refractivity contribution in [3.63, 3.8) is 0 Å². The number of nitrogens with zero attached hydrogens (tertiary/aromatic N) is 2. The average molecular weight is 631 g/mol. The fourth-order valence-electron chi connectivity index (χ4n) is 5.55. The lowest BCUT2D eigenvalue weighted by Gasteiger charge is -2.30. The predicted molar refractivity (Wildman–Crippen MR) is 146 cm³/mol. The summed E-state index contributed by atoms with van der Waals surface area (Å²) in [5.41, 5.74) is 3.25. The van der Waals surface area contributed by atoms with E-state index in [4.69, 9.17) is 19.8 Å². The van der Waals surface area contributed by atoms with Gasteiger partial charge in [0.2, 0.25) is 0 Å². The summed E-state index contributed by atoms with van der Waals surface area (Å²) in [4.78, 5) is 17.6. The van der Waals surface area contributed by atoms with E-state index in [1.807, 2.05) is 0 Å². The molecule has 0 aliphatic carbocycles. The van der Waals surface area contributed by atoms with Crippen LogP contribution in [0.3, 0.4) is 0 Å². The largest absolute Gasteiger partial charge is 0.542 e. The molecule has 2 spiro atoms. The number of hydrogen-bond donors (Lipinski definition) is 0. The molecule has 5 rings (SSSR count). The first-order valence-electron chi connectivity index (χ1n) is 13.6. The van der Waals surface area contributed by atoms with Gasteiger partial charge in [-0.1, -0.05) is 60.7 Å². The molecule has 2 aromatic rings. The van der Waals surface area contributed by atoms with Crippen LogP contribution in [0.1, 0.15) is 43.2 Å². The van der Waals surface area contributed by atoms with Gasteiger partial charge in [-0.25, -0.2) is 9.15 Å². The number of rotatable bonds is 4. The first kappa shape index (κ1) is 34.1. The fraction of sp³-hybridized carbons (Fsp3) is 0.467. The molecule has 6 nitrogen and oxygen atoms in total. The Labute approximate surface area is 249 Å². The quantitative estimate of drug-likeness (QED) is 0.381. The molecule has 0 radical (unpaired) electrons. The molecular formula is C30H32F6N2O4S. The Hall–Kier alpha value is -3.35. The van der Waals surface area contributed by atoms with Gasteiger partial charge in [0.25, 0.3) is 0 Å². The second kappa shape index (κ2) is 14.4. The number of carboxylic acid groups (broad SMARTS) is 2. The van der Waals surface area contributed by atoms with E-state index in [0.29, 0.717) is 10.2 Å². The zero-order valence-corrected chi connectivity index (χ0v) is 24.0. The van der Waals surface area contributed by atoms with Crippen molar-refractivity contribution < 1.29 is 55.3 Å². The summed E-state index contributed by atoms with van der Waals surface area (Å²) in [6, 6.07) is 21.9. The van der Waals surface area contributed by atoms with Gasteiger partial charge in [-0.15, -0.1) is 11.8 Å². The van der Waals surface area contributed by atoms with E-state index in [9.17, 15) is 26.3 Å². The van der Waals surface area contributed by atoms with E-state index in [-0.39, 0.29) is 0 Å². The molecule has 1 fully saturated rings. The number of benzene rings is 2. The lowest BCUT2D eigenvalue weighted by Crippen LogP contribution is -2.40. The number of carbonyl (C=O) groups is 2. The molecule has 0 aromatic heterocycles. The summed E-state index contributed by atoms with van der Waals surface area (Å²) in [5, 5.41) is 17.6. The molecule has 0 N–H and O–H groups in total. The van der Waals surface area contributed by atoms with Crippen molar-refractivity contribution in [2.75, 3.05) is 18.8 Å². The second-order valence-electron chi connectivity index (χ2n) is 10.8. The highest BCUT2D eigenvalue weighted by Gasteiger charge is 2.53. The number of thioether (sulfide) groups is 1. The molecule has 2 atom stereocenters. The average Bonchev–Trinajstić information content (AvgIpc) is 3.25. The zero-order valence-electron chi connectivity index (χ0n) is 23.2. The monoisotopic (exact) mass is 630 g/mol. The molecule has 0 bridgehead atoms.